The van der Waals surface area contributed by atoms with E-state index in [0.29, 0.717) is 15.6 Å². The predicted molar refractivity (Wildman–Crippen MR) is 66.1 cm³/mol. The molecule has 1 aliphatic rings. The van der Waals surface area contributed by atoms with Crippen molar-refractivity contribution in [2.45, 2.75) is 12.8 Å². The number of allylic oxidation sites excluding steroid dienone is 1. The molecule has 0 amide bonds. The van der Waals surface area contributed by atoms with Crippen LogP contribution in [0, 0.1) is 0 Å². The lowest BCUT2D eigenvalue weighted by Gasteiger charge is -2.14. The number of Topliss-reactive ketones (excluding diaryl/α,β-unsaturated/α-hetero) is 1. The van der Waals surface area contributed by atoms with Crippen LogP contribution in [0.3, 0.4) is 0 Å². The Labute approximate surface area is 104 Å². The molecular weight excluding hydrogens is 245 g/mol. The maximum Gasteiger partial charge on any atom is 0.193 e. The average Bonchev–Trinajstić information content (AvgIpc) is 2.30. The molecule has 16 heavy (non-hydrogen) atoms. The van der Waals surface area contributed by atoms with Crippen LogP contribution in [0.4, 0.5) is 0 Å². The van der Waals surface area contributed by atoms with Crippen molar-refractivity contribution in [1.29, 1.82) is 0 Å². The van der Waals surface area contributed by atoms with E-state index < -0.39 is 0 Å². The molecule has 1 aromatic carbocycles. The highest BCUT2D eigenvalue weighted by Crippen LogP contribution is 2.28. The van der Waals surface area contributed by atoms with Crippen LogP contribution >= 0.6 is 23.2 Å². The van der Waals surface area contributed by atoms with Crippen LogP contribution in [0.1, 0.15) is 23.2 Å². The Hall–Kier alpha value is -0.990. The maximum atomic E-state index is 12.2. The number of halogens is 2. The first-order valence-corrected chi connectivity index (χ1v) is 5.87. The molecule has 2 nitrogen and oxygen atoms in total. The summed E-state index contributed by atoms with van der Waals surface area (Å²) < 4.78 is 0. The molecule has 0 aliphatic carbocycles. The van der Waals surface area contributed by atoms with E-state index in [2.05, 4.69) is 5.32 Å². The van der Waals surface area contributed by atoms with Crippen molar-refractivity contribution in [3.05, 3.63) is 45.6 Å². The summed E-state index contributed by atoms with van der Waals surface area (Å²) in [6.45, 7) is 0.910. The second-order valence-corrected chi connectivity index (χ2v) is 4.47. The smallest absolute Gasteiger partial charge is 0.193 e. The summed E-state index contributed by atoms with van der Waals surface area (Å²) in [6, 6.07) is 5.09. The van der Waals surface area contributed by atoms with Gasteiger partial charge in [0, 0.05) is 18.3 Å². The van der Waals surface area contributed by atoms with Gasteiger partial charge in [-0.1, -0.05) is 29.3 Å². The van der Waals surface area contributed by atoms with Gasteiger partial charge in [-0.25, -0.2) is 0 Å². The Kier molecular flexibility index (Phi) is 3.52. The number of rotatable bonds is 2. The molecule has 1 aliphatic heterocycles. The highest BCUT2D eigenvalue weighted by Gasteiger charge is 2.19. The molecule has 0 atom stereocenters. The molecule has 1 N–H and O–H groups in total. The number of nitrogens with one attached hydrogen (secondary N) is 1. The largest absolute Gasteiger partial charge is 0.391 e. The van der Waals surface area contributed by atoms with Crippen molar-refractivity contribution in [1.82, 2.24) is 5.32 Å². The molecule has 0 unspecified atom stereocenters. The first kappa shape index (κ1) is 11.5. The van der Waals surface area contributed by atoms with Crippen LogP contribution in [0.25, 0.3) is 0 Å². The molecule has 0 fully saturated rings. The van der Waals surface area contributed by atoms with Crippen LogP contribution in [-0.2, 0) is 0 Å². The molecule has 1 aromatic rings. The SMILES string of the molecule is O=C(C1=CNCCC1)c1c(Cl)cccc1Cl. The van der Waals surface area contributed by atoms with Gasteiger partial charge in [-0.3, -0.25) is 4.79 Å². The van der Waals surface area contributed by atoms with Gasteiger partial charge in [-0.15, -0.1) is 0 Å². The zero-order valence-electron chi connectivity index (χ0n) is 8.59. The number of carbonyl (C=O) groups is 1. The van der Waals surface area contributed by atoms with Gasteiger partial charge in [0.15, 0.2) is 5.78 Å². The standard InChI is InChI=1S/C12H11Cl2NO/c13-9-4-1-5-10(14)11(9)12(16)8-3-2-6-15-7-8/h1,4-5,7,15H,2-3,6H2. The van der Waals surface area contributed by atoms with Crippen molar-refractivity contribution in [2.75, 3.05) is 6.54 Å². The third kappa shape index (κ3) is 2.23. The summed E-state index contributed by atoms with van der Waals surface area (Å²) in [5.74, 6) is -0.0807. The zero-order valence-corrected chi connectivity index (χ0v) is 10.1. The topological polar surface area (TPSA) is 29.1 Å². The van der Waals surface area contributed by atoms with Gasteiger partial charge in [-0.2, -0.15) is 0 Å². The highest BCUT2D eigenvalue weighted by atomic mass is 35.5. The van der Waals surface area contributed by atoms with Gasteiger partial charge >= 0.3 is 0 Å². The van der Waals surface area contributed by atoms with Crippen molar-refractivity contribution in [2.24, 2.45) is 0 Å². The molecule has 0 bridgehead atoms. The van der Waals surface area contributed by atoms with Crippen LogP contribution in [-0.4, -0.2) is 12.3 Å². The molecule has 0 aromatic heterocycles. The first-order chi connectivity index (χ1) is 7.70. The number of hydrogen-bond donors (Lipinski definition) is 1. The van der Waals surface area contributed by atoms with Crippen molar-refractivity contribution in [3.8, 4) is 0 Å². The minimum absolute atomic E-state index is 0.0807. The third-order valence-corrected chi connectivity index (χ3v) is 3.15. The lowest BCUT2D eigenvalue weighted by molar-refractivity contribution is 0.102. The highest BCUT2D eigenvalue weighted by molar-refractivity contribution is 6.40. The van der Waals surface area contributed by atoms with E-state index in [1.807, 2.05) is 0 Å². The Morgan fingerprint density at radius 2 is 1.94 bits per heavy atom. The monoisotopic (exact) mass is 255 g/mol. The van der Waals surface area contributed by atoms with E-state index in [4.69, 9.17) is 23.2 Å². The summed E-state index contributed by atoms with van der Waals surface area (Å²) >= 11 is 12.0. The van der Waals surface area contributed by atoms with E-state index in [1.54, 1.807) is 24.4 Å². The summed E-state index contributed by atoms with van der Waals surface area (Å²) in [5, 5.41) is 3.87. The quantitative estimate of drug-likeness (QED) is 0.821. The molecule has 2 rings (SSSR count). The number of ketones is 1. The van der Waals surface area contributed by atoms with E-state index >= 15 is 0 Å². The second-order valence-electron chi connectivity index (χ2n) is 3.65. The van der Waals surface area contributed by atoms with Gasteiger partial charge < -0.3 is 5.32 Å². The molecule has 0 radical (unpaired) electrons. The van der Waals surface area contributed by atoms with Crippen molar-refractivity contribution >= 4 is 29.0 Å². The first-order valence-electron chi connectivity index (χ1n) is 5.11. The summed E-state index contributed by atoms with van der Waals surface area (Å²) in [6.07, 6.45) is 3.48. The fourth-order valence-electron chi connectivity index (χ4n) is 1.70. The molecule has 84 valence electrons. The summed E-state index contributed by atoms with van der Waals surface area (Å²) in [4.78, 5) is 12.2. The Morgan fingerprint density at radius 1 is 1.25 bits per heavy atom. The zero-order chi connectivity index (χ0) is 11.5. The minimum Gasteiger partial charge on any atom is -0.391 e. The van der Waals surface area contributed by atoms with E-state index in [-0.39, 0.29) is 5.78 Å². The Balaban J connectivity index is 2.37. The van der Waals surface area contributed by atoms with Gasteiger partial charge in [-0.05, 0) is 25.0 Å². The maximum absolute atomic E-state index is 12.2. The molecule has 1 heterocycles. The molecular formula is C12H11Cl2NO. The van der Waals surface area contributed by atoms with Crippen LogP contribution in [0.5, 0.6) is 0 Å². The number of benzene rings is 1. The Bertz CT molecular complexity index is 434. The van der Waals surface area contributed by atoms with Gasteiger partial charge in [0.2, 0.25) is 0 Å². The average molecular weight is 256 g/mol. The molecule has 0 saturated carbocycles. The molecule has 0 spiro atoms. The van der Waals surface area contributed by atoms with E-state index in [9.17, 15) is 4.79 Å². The molecule has 0 saturated heterocycles. The van der Waals surface area contributed by atoms with Gasteiger partial charge in [0.05, 0.1) is 15.6 Å². The second kappa shape index (κ2) is 4.89. The van der Waals surface area contributed by atoms with E-state index in [1.165, 1.54) is 0 Å². The predicted octanol–water partition coefficient (Wildman–Crippen LogP) is 3.44. The third-order valence-electron chi connectivity index (χ3n) is 2.52. The van der Waals surface area contributed by atoms with Crippen LogP contribution in [0.15, 0.2) is 30.0 Å². The lowest BCUT2D eigenvalue weighted by Crippen LogP contribution is -2.18. The molecule has 4 heteroatoms. The van der Waals surface area contributed by atoms with Crippen LogP contribution < -0.4 is 5.32 Å². The van der Waals surface area contributed by atoms with Crippen molar-refractivity contribution in [3.63, 3.8) is 0 Å². The van der Waals surface area contributed by atoms with Crippen LogP contribution in [0.2, 0.25) is 10.0 Å². The van der Waals surface area contributed by atoms with E-state index in [0.717, 1.165) is 25.0 Å². The number of carbonyl (C=O) groups excluding carboxylic acids is 1. The van der Waals surface area contributed by atoms with Gasteiger partial charge in [0.1, 0.15) is 0 Å². The van der Waals surface area contributed by atoms with Crippen molar-refractivity contribution < 1.29 is 4.79 Å². The fraction of sp³-hybridized carbons (Fsp3) is 0.250. The summed E-state index contributed by atoms with van der Waals surface area (Å²) in [5.41, 5.74) is 1.14. The summed E-state index contributed by atoms with van der Waals surface area (Å²) in [7, 11) is 0. The minimum atomic E-state index is -0.0807. The fourth-order valence-corrected chi connectivity index (χ4v) is 2.27. The normalized spacial score (nSPS) is 15.2. The lowest BCUT2D eigenvalue weighted by atomic mass is 9.98. The number of hydrogen-bond acceptors (Lipinski definition) is 2. The Morgan fingerprint density at radius 3 is 2.50 bits per heavy atom. The van der Waals surface area contributed by atoms with Gasteiger partial charge in [0.25, 0.3) is 0 Å².